The van der Waals surface area contributed by atoms with Crippen LogP contribution >= 0.6 is 49.7 Å². The summed E-state index contributed by atoms with van der Waals surface area (Å²) in [6, 6.07) is 0. The van der Waals surface area contributed by atoms with E-state index >= 15 is 0 Å². The van der Waals surface area contributed by atoms with Crippen molar-refractivity contribution in [1.29, 1.82) is 0 Å². The van der Waals surface area contributed by atoms with Crippen LogP contribution in [0.15, 0.2) is 0 Å². The first-order chi connectivity index (χ1) is 7.57. The predicted molar refractivity (Wildman–Crippen MR) is 73.7 cm³/mol. The normalized spacial score (nSPS) is 16.2. The molecule has 10 heteroatoms. The van der Waals surface area contributed by atoms with Crippen LogP contribution in [0.1, 0.15) is 12.8 Å². The Kier molecular flexibility index (Phi) is 6.21. The molecular weight excluding hydrogens is 288 g/mol. The Morgan fingerprint density at radius 2 is 1.81 bits per heavy atom. The first-order valence-corrected chi connectivity index (χ1v) is 6.16. The maximum atomic E-state index is 8.54. The van der Waals surface area contributed by atoms with Crippen molar-refractivity contribution in [3.8, 4) is 0 Å². The fourth-order valence-corrected chi connectivity index (χ4v) is 2.04. The fraction of sp³-hybridized carbons (Fsp3) is 0.667. The number of hydroxylamine groups is 1. The Morgan fingerprint density at radius 1 is 1.25 bits per heavy atom. The minimum Gasteiger partial charge on any atom is -0.290 e. The molecule has 1 aliphatic heterocycles. The minimum atomic E-state index is 0.0878. The molecule has 0 saturated carbocycles. The molecule has 0 atom stereocenters. The molecule has 0 spiro atoms. The number of thiocarbonyl (C=S) groups is 2. The molecule has 1 aliphatic rings. The predicted octanol–water partition coefficient (Wildman–Crippen LogP) is 0.771. The number of hydrazine groups is 2. The number of hydrogen-bond acceptors (Lipinski definition) is 6. The summed E-state index contributed by atoms with van der Waals surface area (Å²) in [5.41, 5.74) is 1.54. The van der Waals surface area contributed by atoms with Gasteiger partial charge in [-0.1, -0.05) is 5.64 Å². The van der Waals surface area contributed by atoms with Crippen molar-refractivity contribution in [2.75, 3.05) is 13.1 Å². The van der Waals surface area contributed by atoms with Gasteiger partial charge in [0.25, 0.3) is 0 Å². The van der Waals surface area contributed by atoms with Gasteiger partial charge in [-0.2, -0.15) is 10.1 Å². The van der Waals surface area contributed by atoms with E-state index in [0.717, 1.165) is 31.1 Å². The molecule has 0 aromatic carbocycles. The molecule has 1 heterocycles. The SMILES string of the molecule is ONON(C(=S)S)N(C(=S)S)N1CCCC1. The Labute approximate surface area is 115 Å². The molecule has 0 aliphatic carbocycles. The lowest BCUT2D eigenvalue weighted by Crippen LogP contribution is -2.55. The van der Waals surface area contributed by atoms with Crippen molar-refractivity contribution in [3.05, 3.63) is 0 Å². The van der Waals surface area contributed by atoms with Crippen LogP contribution < -0.4 is 5.64 Å². The van der Waals surface area contributed by atoms with E-state index in [-0.39, 0.29) is 8.64 Å². The Hall–Kier alpha value is 0.320. The van der Waals surface area contributed by atoms with Crippen molar-refractivity contribution < 1.29 is 10.1 Å². The van der Waals surface area contributed by atoms with E-state index in [1.807, 2.05) is 5.01 Å². The van der Waals surface area contributed by atoms with E-state index in [1.54, 1.807) is 0 Å². The molecule has 1 saturated heterocycles. The first kappa shape index (κ1) is 14.4. The quantitative estimate of drug-likeness (QED) is 0.346. The first-order valence-electron chi connectivity index (χ1n) is 4.45. The van der Waals surface area contributed by atoms with Crippen molar-refractivity contribution in [3.63, 3.8) is 0 Å². The van der Waals surface area contributed by atoms with Crippen LogP contribution in [0.5, 0.6) is 0 Å². The van der Waals surface area contributed by atoms with Crippen LogP contribution in [0.4, 0.5) is 0 Å². The third-order valence-corrected chi connectivity index (χ3v) is 2.65. The minimum absolute atomic E-state index is 0.0878. The van der Waals surface area contributed by atoms with Crippen LogP contribution in [0.3, 0.4) is 0 Å². The van der Waals surface area contributed by atoms with E-state index in [0.29, 0.717) is 0 Å². The zero-order valence-corrected chi connectivity index (χ0v) is 11.7. The summed E-state index contributed by atoms with van der Waals surface area (Å²) in [5.74, 6) is 0. The summed E-state index contributed by atoms with van der Waals surface area (Å²) in [6.45, 7) is 1.62. The molecule has 0 bridgehead atoms. The zero-order valence-electron chi connectivity index (χ0n) is 8.24. The molecular formula is C6H12N4O2S4. The molecule has 1 rings (SSSR count). The standard InChI is InChI=1S/C6H12N4O2S4/c11-7-12-10(6(15)16)9(5(13)14)8-3-1-2-4-8/h7,11H,1-4H2,(H,13,14)(H,15,16). The van der Waals surface area contributed by atoms with Gasteiger partial charge in [0.15, 0.2) is 8.64 Å². The van der Waals surface area contributed by atoms with E-state index in [4.69, 9.17) is 34.6 Å². The van der Waals surface area contributed by atoms with Crippen LogP contribution in [0.2, 0.25) is 0 Å². The van der Waals surface area contributed by atoms with Crippen molar-refractivity contribution >= 4 is 58.3 Å². The van der Waals surface area contributed by atoms with Crippen LogP contribution in [-0.2, 0) is 4.94 Å². The van der Waals surface area contributed by atoms with Gasteiger partial charge in [0, 0.05) is 13.1 Å². The summed E-state index contributed by atoms with van der Waals surface area (Å²) >= 11 is 17.9. The lowest BCUT2D eigenvalue weighted by atomic mass is 10.4. The molecule has 0 radical (unpaired) electrons. The molecule has 92 valence electrons. The van der Waals surface area contributed by atoms with Crippen molar-refractivity contribution in [1.82, 2.24) is 20.9 Å². The van der Waals surface area contributed by atoms with Gasteiger partial charge in [-0.3, -0.25) is 5.21 Å². The van der Waals surface area contributed by atoms with E-state index in [9.17, 15) is 0 Å². The second-order valence-electron chi connectivity index (χ2n) is 2.97. The lowest BCUT2D eigenvalue weighted by Gasteiger charge is -2.38. The number of rotatable bonds is 3. The van der Waals surface area contributed by atoms with E-state index in [2.05, 4.69) is 25.3 Å². The summed E-state index contributed by atoms with van der Waals surface area (Å²) in [7, 11) is 0. The van der Waals surface area contributed by atoms with Gasteiger partial charge in [0.1, 0.15) is 0 Å². The maximum absolute atomic E-state index is 8.54. The van der Waals surface area contributed by atoms with Crippen LogP contribution in [-0.4, -0.2) is 42.2 Å². The topological polar surface area (TPSA) is 51.2 Å². The Balaban J connectivity index is 2.80. The Bertz CT molecular complexity index is 273. The fourth-order valence-electron chi connectivity index (χ4n) is 1.40. The molecule has 0 unspecified atom stereocenters. The summed E-state index contributed by atoms with van der Waals surface area (Å²) in [6.07, 6.45) is 2.10. The third-order valence-electron chi connectivity index (χ3n) is 1.98. The number of thiol groups is 2. The van der Waals surface area contributed by atoms with Crippen molar-refractivity contribution in [2.24, 2.45) is 0 Å². The summed E-state index contributed by atoms with van der Waals surface area (Å²) in [5, 5.41) is 12.9. The largest absolute Gasteiger partial charge is 0.290 e. The molecule has 2 N–H and O–H groups in total. The second kappa shape index (κ2) is 6.91. The highest BCUT2D eigenvalue weighted by Crippen LogP contribution is 2.17. The summed E-state index contributed by atoms with van der Waals surface area (Å²) in [4.78, 5) is 4.71. The molecule has 0 amide bonds. The van der Waals surface area contributed by atoms with Gasteiger partial charge >= 0.3 is 0 Å². The molecule has 16 heavy (non-hydrogen) atoms. The van der Waals surface area contributed by atoms with E-state index in [1.165, 1.54) is 10.8 Å². The monoisotopic (exact) mass is 300 g/mol. The van der Waals surface area contributed by atoms with E-state index < -0.39 is 0 Å². The van der Waals surface area contributed by atoms with Gasteiger partial charge in [0.05, 0.1) is 0 Å². The van der Waals surface area contributed by atoms with Crippen molar-refractivity contribution in [2.45, 2.75) is 12.8 Å². The second-order valence-corrected chi connectivity index (χ2v) is 5.20. The third kappa shape index (κ3) is 3.67. The molecule has 0 aromatic heterocycles. The smallest absolute Gasteiger partial charge is 0.185 e. The van der Waals surface area contributed by atoms with Crippen LogP contribution in [0, 0.1) is 0 Å². The van der Waals surface area contributed by atoms with Gasteiger partial charge in [-0.05, 0) is 37.3 Å². The maximum Gasteiger partial charge on any atom is 0.185 e. The van der Waals surface area contributed by atoms with Gasteiger partial charge < -0.3 is 0 Å². The molecule has 6 nitrogen and oxygen atoms in total. The average molecular weight is 300 g/mol. The molecule has 0 aromatic rings. The zero-order chi connectivity index (χ0) is 12.1. The number of hydrogen-bond donors (Lipinski definition) is 4. The Morgan fingerprint density at radius 3 is 2.19 bits per heavy atom. The highest BCUT2D eigenvalue weighted by atomic mass is 32.1. The summed E-state index contributed by atoms with van der Waals surface area (Å²) < 4.78 is 0.332. The number of nitrogens with one attached hydrogen (secondary N) is 1. The lowest BCUT2D eigenvalue weighted by molar-refractivity contribution is -0.339. The molecule has 1 fully saturated rings. The van der Waals surface area contributed by atoms with Gasteiger partial charge in [-0.15, -0.1) is 35.4 Å². The van der Waals surface area contributed by atoms with Gasteiger partial charge in [-0.25, -0.2) is 0 Å². The van der Waals surface area contributed by atoms with Gasteiger partial charge in [0.2, 0.25) is 0 Å². The number of nitrogens with zero attached hydrogens (tertiary/aromatic N) is 3. The highest BCUT2D eigenvalue weighted by Gasteiger charge is 2.28. The van der Waals surface area contributed by atoms with Crippen LogP contribution in [0.25, 0.3) is 0 Å². The average Bonchev–Trinajstić information content (AvgIpc) is 2.69. The highest BCUT2D eigenvalue weighted by molar-refractivity contribution is 8.11.